The summed E-state index contributed by atoms with van der Waals surface area (Å²) < 4.78 is 0. The van der Waals surface area contributed by atoms with Crippen molar-refractivity contribution in [3.63, 3.8) is 0 Å². The number of hydrogen-bond acceptors (Lipinski definition) is 2. The first-order valence-corrected chi connectivity index (χ1v) is 11.0. The quantitative estimate of drug-likeness (QED) is 0.385. The van der Waals surface area contributed by atoms with Crippen molar-refractivity contribution in [2.24, 2.45) is 11.8 Å². The fraction of sp³-hybridized carbons (Fsp3) is 0.560. The standard InChI is InChI=1S/C25H37NO2/c1-2-26-25(28)18-12-4-3-10-16-22-19-20-24(27)23(22)17-11-6-9-15-21-13-7-5-8-14-21/h3,5,7-8,10-11,13-14,17,22-24,27H,2,4,6,9,12,15-16,18-20H2,1H3,(H,26,28)/b10-3-,17-11+/t22-,23?,24?/m0/s1. The summed E-state index contributed by atoms with van der Waals surface area (Å²) in [7, 11) is 0. The Morgan fingerprint density at radius 1 is 1.11 bits per heavy atom. The number of aliphatic hydroxyl groups is 1. The van der Waals surface area contributed by atoms with Crippen LogP contribution in [0.5, 0.6) is 0 Å². The van der Waals surface area contributed by atoms with Gasteiger partial charge in [0.2, 0.25) is 5.91 Å². The molecule has 154 valence electrons. The molecule has 3 heteroatoms. The van der Waals surface area contributed by atoms with Crippen molar-refractivity contribution in [2.75, 3.05) is 6.54 Å². The Labute approximate surface area is 170 Å². The fourth-order valence-electron chi connectivity index (χ4n) is 4.02. The van der Waals surface area contributed by atoms with Crippen LogP contribution in [-0.4, -0.2) is 23.7 Å². The maximum atomic E-state index is 11.4. The average molecular weight is 384 g/mol. The number of rotatable bonds is 12. The summed E-state index contributed by atoms with van der Waals surface area (Å²) in [6.07, 6.45) is 17.6. The largest absolute Gasteiger partial charge is 0.393 e. The molecule has 1 saturated carbocycles. The fourth-order valence-corrected chi connectivity index (χ4v) is 4.02. The van der Waals surface area contributed by atoms with E-state index in [2.05, 4.69) is 60.0 Å². The predicted octanol–water partition coefficient (Wildman–Crippen LogP) is 5.21. The third-order valence-corrected chi connectivity index (χ3v) is 5.61. The minimum Gasteiger partial charge on any atom is -0.393 e. The monoisotopic (exact) mass is 383 g/mol. The van der Waals surface area contributed by atoms with Crippen LogP contribution in [0, 0.1) is 11.8 Å². The normalized spacial score (nSPS) is 22.3. The lowest BCUT2D eigenvalue weighted by Gasteiger charge is -2.17. The molecule has 1 aliphatic carbocycles. The Morgan fingerprint density at radius 3 is 2.68 bits per heavy atom. The SMILES string of the molecule is CCNC(=O)CCC/C=C\C[C@H]1CCC(O)C1/C=C/CCCc1ccccc1. The van der Waals surface area contributed by atoms with Gasteiger partial charge in [-0.2, -0.15) is 0 Å². The number of nitrogens with one attached hydrogen (secondary N) is 1. The van der Waals surface area contributed by atoms with E-state index in [-0.39, 0.29) is 17.9 Å². The van der Waals surface area contributed by atoms with Gasteiger partial charge < -0.3 is 10.4 Å². The first kappa shape index (κ1) is 22.4. The van der Waals surface area contributed by atoms with Crippen LogP contribution in [0.2, 0.25) is 0 Å². The third kappa shape index (κ3) is 8.43. The molecule has 3 atom stereocenters. The molecule has 0 spiro atoms. The number of benzene rings is 1. The maximum Gasteiger partial charge on any atom is 0.219 e. The van der Waals surface area contributed by atoms with E-state index >= 15 is 0 Å². The summed E-state index contributed by atoms with van der Waals surface area (Å²) in [6, 6.07) is 10.6. The topological polar surface area (TPSA) is 49.3 Å². The summed E-state index contributed by atoms with van der Waals surface area (Å²) in [5, 5.41) is 13.2. The van der Waals surface area contributed by atoms with E-state index in [0.717, 1.165) is 51.4 Å². The molecule has 1 aromatic rings. The first-order valence-electron chi connectivity index (χ1n) is 11.0. The van der Waals surface area contributed by atoms with Crippen molar-refractivity contribution in [1.29, 1.82) is 0 Å². The minimum atomic E-state index is -0.193. The Hall–Kier alpha value is -1.87. The van der Waals surface area contributed by atoms with Crippen LogP contribution >= 0.6 is 0 Å². The molecule has 2 N–H and O–H groups in total. The Bertz CT molecular complexity index is 608. The average Bonchev–Trinajstić information content (AvgIpc) is 3.05. The number of allylic oxidation sites excluding steroid dienone is 3. The molecule has 0 bridgehead atoms. The number of aryl methyl sites for hydroxylation is 1. The first-order chi connectivity index (χ1) is 13.7. The van der Waals surface area contributed by atoms with E-state index in [9.17, 15) is 9.90 Å². The van der Waals surface area contributed by atoms with E-state index in [1.54, 1.807) is 0 Å². The van der Waals surface area contributed by atoms with Crippen LogP contribution in [0.3, 0.4) is 0 Å². The molecule has 1 fully saturated rings. The number of carbonyl (C=O) groups is 1. The highest BCUT2D eigenvalue weighted by atomic mass is 16.3. The maximum absolute atomic E-state index is 11.4. The smallest absolute Gasteiger partial charge is 0.219 e. The van der Waals surface area contributed by atoms with Gasteiger partial charge in [0.1, 0.15) is 0 Å². The van der Waals surface area contributed by atoms with Crippen LogP contribution < -0.4 is 5.32 Å². The van der Waals surface area contributed by atoms with Crippen molar-refractivity contribution in [3.05, 3.63) is 60.2 Å². The molecule has 28 heavy (non-hydrogen) atoms. The van der Waals surface area contributed by atoms with Gasteiger partial charge in [-0.15, -0.1) is 0 Å². The third-order valence-electron chi connectivity index (χ3n) is 5.61. The van der Waals surface area contributed by atoms with Gasteiger partial charge in [0.15, 0.2) is 0 Å². The molecule has 1 aromatic carbocycles. The Balaban J connectivity index is 1.65. The van der Waals surface area contributed by atoms with E-state index in [0.29, 0.717) is 18.9 Å². The minimum absolute atomic E-state index is 0.146. The zero-order chi connectivity index (χ0) is 20.0. The highest BCUT2D eigenvalue weighted by Crippen LogP contribution is 2.36. The van der Waals surface area contributed by atoms with Crippen LogP contribution in [0.15, 0.2) is 54.6 Å². The summed E-state index contributed by atoms with van der Waals surface area (Å²) in [5.41, 5.74) is 1.40. The summed E-state index contributed by atoms with van der Waals surface area (Å²) in [4.78, 5) is 11.4. The van der Waals surface area contributed by atoms with Crippen molar-refractivity contribution in [2.45, 2.75) is 70.8 Å². The summed E-state index contributed by atoms with van der Waals surface area (Å²) in [5.74, 6) is 0.976. The van der Waals surface area contributed by atoms with E-state index in [4.69, 9.17) is 0 Å². The predicted molar refractivity (Wildman–Crippen MR) is 117 cm³/mol. The summed E-state index contributed by atoms with van der Waals surface area (Å²) in [6.45, 7) is 2.65. The van der Waals surface area contributed by atoms with Gasteiger partial charge in [0.25, 0.3) is 0 Å². The highest BCUT2D eigenvalue weighted by molar-refractivity contribution is 5.75. The molecular formula is C25H37NO2. The number of hydrogen-bond donors (Lipinski definition) is 2. The van der Waals surface area contributed by atoms with Gasteiger partial charge in [-0.1, -0.05) is 54.6 Å². The van der Waals surface area contributed by atoms with E-state index in [1.807, 2.05) is 6.92 Å². The number of carbonyl (C=O) groups excluding carboxylic acids is 1. The lowest BCUT2D eigenvalue weighted by Crippen LogP contribution is -2.21. The molecule has 3 nitrogen and oxygen atoms in total. The van der Waals surface area contributed by atoms with Gasteiger partial charge >= 0.3 is 0 Å². The molecule has 0 radical (unpaired) electrons. The molecule has 1 amide bonds. The zero-order valence-corrected chi connectivity index (χ0v) is 17.4. The van der Waals surface area contributed by atoms with Crippen molar-refractivity contribution < 1.29 is 9.90 Å². The number of unbranched alkanes of at least 4 members (excludes halogenated alkanes) is 2. The van der Waals surface area contributed by atoms with Crippen molar-refractivity contribution >= 4 is 5.91 Å². The van der Waals surface area contributed by atoms with Crippen LogP contribution in [0.1, 0.15) is 63.9 Å². The lowest BCUT2D eigenvalue weighted by molar-refractivity contribution is -0.121. The lowest BCUT2D eigenvalue weighted by atomic mass is 9.90. The van der Waals surface area contributed by atoms with Crippen LogP contribution in [0.25, 0.3) is 0 Å². The molecule has 0 aliphatic heterocycles. The van der Waals surface area contributed by atoms with Gasteiger partial charge in [-0.3, -0.25) is 4.79 Å². The van der Waals surface area contributed by atoms with E-state index < -0.39 is 0 Å². The second-order valence-electron chi connectivity index (χ2n) is 7.84. The highest BCUT2D eigenvalue weighted by Gasteiger charge is 2.31. The van der Waals surface area contributed by atoms with Gasteiger partial charge in [0, 0.05) is 18.9 Å². The second kappa shape index (κ2) is 13.3. The number of aliphatic hydroxyl groups excluding tert-OH is 1. The number of amides is 1. The summed E-state index contributed by atoms with van der Waals surface area (Å²) >= 11 is 0. The Morgan fingerprint density at radius 2 is 1.89 bits per heavy atom. The zero-order valence-electron chi connectivity index (χ0n) is 17.4. The second-order valence-corrected chi connectivity index (χ2v) is 7.84. The van der Waals surface area contributed by atoms with Crippen LogP contribution in [-0.2, 0) is 11.2 Å². The van der Waals surface area contributed by atoms with Gasteiger partial charge in [-0.05, 0) is 69.8 Å². The van der Waals surface area contributed by atoms with Gasteiger partial charge in [-0.25, -0.2) is 0 Å². The van der Waals surface area contributed by atoms with Gasteiger partial charge in [0.05, 0.1) is 6.10 Å². The molecule has 0 aromatic heterocycles. The van der Waals surface area contributed by atoms with Crippen LogP contribution in [0.4, 0.5) is 0 Å². The molecule has 0 heterocycles. The van der Waals surface area contributed by atoms with E-state index in [1.165, 1.54) is 5.56 Å². The molecular weight excluding hydrogens is 346 g/mol. The Kier molecular flexibility index (Phi) is 10.7. The molecule has 2 rings (SSSR count). The van der Waals surface area contributed by atoms with Crippen molar-refractivity contribution in [1.82, 2.24) is 5.32 Å². The van der Waals surface area contributed by atoms with Crippen molar-refractivity contribution in [3.8, 4) is 0 Å². The molecule has 1 aliphatic rings. The molecule has 0 saturated heterocycles. The molecule has 2 unspecified atom stereocenters.